The molecule has 8 heteroatoms. The molecule has 1 amide bonds. The molecule has 0 aliphatic carbocycles. The Bertz CT molecular complexity index is 964. The van der Waals surface area contributed by atoms with E-state index in [1.165, 1.54) is 28.2 Å². The van der Waals surface area contributed by atoms with Gasteiger partial charge in [0.25, 0.3) is 11.5 Å². The number of hydrogen-bond acceptors (Lipinski definition) is 6. The molecular formula is C17H18N4O3S. The van der Waals surface area contributed by atoms with Crippen molar-refractivity contribution >= 4 is 32.6 Å². The first-order valence-electron chi connectivity index (χ1n) is 8.03. The maximum absolute atomic E-state index is 12.4. The summed E-state index contributed by atoms with van der Waals surface area (Å²) in [5.74, 6) is 0.374. The van der Waals surface area contributed by atoms with E-state index in [1.807, 2.05) is 32.0 Å². The molecular weight excluding hydrogens is 340 g/mol. The second-order valence-electron chi connectivity index (χ2n) is 5.32. The Morgan fingerprint density at radius 3 is 2.88 bits per heavy atom. The van der Waals surface area contributed by atoms with Gasteiger partial charge in [-0.25, -0.2) is 9.67 Å². The molecule has 130 valence electrons. The molecule has 3 aromatic rings. The quantitative estimate of drug-likeness (QED) is 0.732. The van der Waals surface area contributed by atoms with Crippen molar-refractivity contribution in [3.63, 3.8) is 0 Å². The van der Waals surface area contributed by atoms with Crippen molar-refractivity contribution in [2.75, 3.05) is 11.9 Å². The number of benzene rings is 1. The first kappa shape index (κ1) is 17.1. The molecule has 3 rings (SSSR count). The normalized spacial score (nSPS) is 10.8. The summed E-state index contributed by atoms with van der Waals surface area (Å²) in [6.45, 7) is 4.93. The van der Waals surface area contributed by atoms with Gasteiger partial charge in [-0.1, -0.05) is 18.3 Å². The summed E-state index contributed by atoms with van der Waals surface area (Å²) in [5, 5.41) is 7.31. The number of nitrogens with zero attached hydrogens (tertiary/aromatic N) is 3. The van der Waals surface area contributed by atoms with E-state index < -0.39 is 5.91 Å². The highest BCUT2D eigenvalue weighted by Crippen LogP contribution is 2.29. The summed E-state index contributed by atoms with van der Waals surface area (Å²) < 4.78 is 7.68. The Morgan fingerprint density at radius 2 is 2.12 bits per heavy atom. The van der Waals surface area contributed by atoms with E-state index in [4.69, 9.17) is 4.74 Å². The molecule has 2 aromatic heterocycles. The van der Waals surface area contributed by atoms with Crippen molar-refractivity contribution in [2.24, 2.45) is 0 Å². The molecule has 0 bridgehead atoms. The third kappa shape index (κ3) is 3.85. The third-order valence-electron chi connectivity index (χ3n) is 3.43. The molecule has 25 heavy (non-hydrogen) atoms. The lowest BCUT2D eigenvalue weighted by Gasteiger charge is -2.05. The zero-order chi connectivity index (χ0) is 17.8. The average Bonchev–Trinajstić information content (AvgIpc) is 2.98. The van der Waals surface area contributed by atoms with Crippen molar-refractivity contribution in [1.29, 1.82) is 0 Å². The zero-order valence-corrected chi connectivity index (χ0v) is 14.8. The van der Waals surface area contributed by atoms with Crippen LogP contribution in [0.2, 0.25) is 0 Å². The number of hydrogen-bond donors (Lipinski definition) is 1. The number of rotatable bonds is 6. The third-order valence-corrected chi connectivity index (χ3v) is 4.36. The number of carbonyl (C=O) groups is 1. The molecule has 1 aromatic carbocycles. The molecule has 0 fully saturated rings. The average molecular weight is 358 g/mol. The molecule has 0 aliphatic rings. The lowest BCUT2D eigenvalue weighted by Crippen LogP contribution is -2.26. The van der Waals surface area contributed by atoms with E-state index in [2.05, 4.69) is 15.4 Å². The topological polar surface area (TPSA) is 86.1 Å². The minimum atomic E-state index is -0.394. The highest BCUT2D eigenvalue weighted by Gasteiger charge is 2.13. The maximum Gasteiger partial charge on any atom is 0.277 e. The van der Waals surface area contributed by atoms with Gasteiger partial charge in [-0.2, -0.15) is 5.10 Å². The smallest absolute Gasteiger partial charge is 0.277 e. The Hall–Kier alpha value is -2.74. The van der Waals surface area contributed by atoms with Crippen LogP contribution in [-0.4, -0.2) is 27.3 Å². The van der Waals surface area contributed by atoms with Crippen LogP contribution in [0.25, 0.3) is 10.2 Å². The molecule has 0 unspecified atom stereocenters. The van der Waals surface area contributed by atoms with Crippen molar-refractivity contribution < 1.29 is 9.53 Å². The lowest BCUT2D eigenvalue weighted by atomic mass is 10.3. The number of amides is 1. The van der Waals surface area contributed by atoms with Gasteiger partial charge in [0.2, 0.25) is 0 Å². The van der Waals surface area contributed by atoms with E-state index in [-0.39, 0.29) is 11.3 Å². The molecule has 7 nitrogen and oxygen atoms in total. The van der Waals surface area contributed by atoms with Crippen molar-refractivity contribution in [1.82, 2.24) is 14.8 Å². The Morgan fingerprint density at radius 1 is 1.28 bits per heavy atom. The van der Waals surface area contributed by atoms with E-state index in [0.29, 0.717) is 18.3 Å². The highest BCUT2D eigenvalue weighted by atomic mass is 32.1. The SMILES string of the molecule is CCCn1nc(C(=O)Nc2nc3ccc(OCC)cc3s2)ccc1=O. The van der Waals surface area contributed by atoms with Gasteiger partial charge in [-0.05, 0) is 37.6 Å². The van der Waals surface area contributed by atoms with Gasteiger partial charge in [0.1, 0.15) is 11.4 Å². The molecule has 0 saturated heterocycles. The monoisotopic (exact) mass is 358 g/mol. The summed E-state index contributed by atoms with van der Waals surface area (Å²) in [5.41, 5.74) is 0.747. The van der Waals surface area contributed by atoms with Crippen molar-refractivity contribution in [3.8, 4) is 5.75 Å². The van der Waals surface area contributed by atoms with Crippen molar-refractivity contribution in [2.45, 2.75) is 26.8 Å². The molecule has 0 saturated carbocycles. The highest BCUT2D eigenvalue weighted by molar-refractivity contribution is 7.22. The van der Waals surface area contributed by atoms with Crippen LogP contribution in [0.1, 0.15) is 30.8 Å². The van der Waals surface area contributed by atoms with Gasteiger partial charge in [0.15, 0.2) is 5.13 Å². The van der Waals surface area contributed by atoms with Crippen LogP contribution in [0, 0.1) is 0 Å². The fourth-order valence-corrected chi connectivity index (χ4v) is 3.21. The number of aryl methyl sites for hydroxylation is 1. The van der Waals surface area contributed by atoms with E-state index in [0.717, 1.165) is 22.4 Å². The van der Waals surface area contributed by atoms with Gasteiger partial charge < -0.3 is 4.74 Å². The maximum atomic E-state index is 12.4. The zero-order valence-electron chi connectivity index (χ0n) is 14.0. The van der Waals surface area contributed by atoms with Crippen LogP contribution in [0.15, 0.2) is 35.1 Å². The molecule has 0 spiro atoms. The molecule has 2 heterocycles. The second-order valence-corrected chi connectivity index (χ2v) is 6.35. The number of ether oxygens (including phenoxy) is 1. The first-order valence-corrected chi connectivity index (χ1v) is 8.85. The molecule has 0 radical (unpaired) electrons. The van der Waals surface area contributed by atoms with Gasteiger partial charge in [0, 0.05) is 12.6 Å². The molecule has 0 atom stereocenters. The minimum absolute atomic E-state index is 0.183. The van der Waals surface area contributed by atoms with E-state index >= 15 is 0 Å². The van der Waals surface area contributed by atoms with Crippen LogP contribution >= 0.6 is 11.3 Å². The van der Waals surface area contributed by atoms with Gasteiger partial charge in [-0.3, -0.25) is 14.9 Å². The Labute approximate surface area is 148 Å². The summed E-state index contributed by atoms with van der Waals surface area (Å²) in [7, 11) is 0. The van der Waals surface area contributed by atoms with Crippen LogP contribution in [0.5, 0.6) is 5.75 Å². The first-order chi connectivity index (χ1) is 12.1. The second kappa shape index (κ2) is 7.43. The number of carbonyl (C=O) groups excluding carboxylic acids is 1. The summed E-state index contributed by atoms with van der Waals surface area (Å²) in [4.78, 5) is 28.5. The van der Waals surface area contributed by atoms with Crippen LogP contribution in [0.4, 0.5) is 5.13 Å². The number of anilines is 1. The molecule has 1 N–H and O–H groups in total. The fourth-order valence-electron chi connectivity index (χ4n) is 2.32. The predicted molar refractivity (Wildman–Crippen MR) is 97.5 cm³/mol. The van der Waals surface area contributed by atoms with Crippen LogP contribution < -0.4 is 15.6 Å². The summed E-state index contributed by atoms with van der Waals surface area (Å²) in [6, 6.07) is 8.37. The Kier molecular flexibility index (Phi) is 5.08. The minimum Gasteiger partial charge on any atom is -0.494 e. The van der Waals surface area contributed by atoms with E-state index in [9.17, 15) is 9.59 Å². The van der Waals surface area contributed by atoms with Gasteiger partial charge in [-0.15, -0.1) is 0 Å². The van der Waals surface area contributed by atoms with Gasteiger partial charge in [0.05, 0.1) is 16.8 Å². The number of thiazole rings is 1. The number of fused-ring (bicyclic) bond motifs is 1. The summed E-state index contributed by atoms with van der Waals surface area (Å²) in [6.07, 6.45) is 0.762. The van der Waals surface area contributed by atoms with Crippen LogP contribution in [-0.2, 0) is 6.54 Å². The Balaban J connectivity index is 1.82. The van der Waals surface area contributed by atoms with Crippen LogP contribution in [0.3, 0.4) is 0 Å². The molecule has 0 aliphatic heterocycles. The largest absolute Gasteiger partial charge is 0.494 e. The lowest BCUT2D eigenvalue weighted by molar-refractivity contribution is 0.102. The number of aromatic nitrogens is 3. The van der Waals surface area contributed by atoms with Gasteiger partial charge >= 0.3 is 0 Å². The number of nitrogens with one attached hydrogen (secondary N) is 1. The fraction of sp³-hybridized carbons (Fsp3) is 0.294. The predicted octanol–water partition coefficient (Wildman–Crippen LogP) is 2.91. The standard InChI is InChI=1S/C17H18N4O3S/c1-3-9-21-15(22)8-7-13(20-21)16(23)19-17-18-12-6-5-11(24-4-2)10-14(12)25-17/h5-8,10H,3-4,9H2,1-2H3,(H,18,19,23). The van der Waals surface area contributed by atoms with Crippen molar-refractivity contribution in [3.05, 3.63) is 46.4 Å². The summed E-state index contributed by atoms with van der Waals surface area (Å²) >= 11 is 1.36. The van der Waals surface area contributed by atoms with E-state index in [1.54, 1.807) is 0 Å².